The summed E-state index contributed by atoms with van der Waals surface area (Å²) in [6.07, 6.45) is 5.26. The van der Waals surface area contributed by atoms with Gasteiger partial charge in [-0.1, -0.05) is 6.92 Å². The first kappa shape index (κ1) is 8.71. The van der Waals surface area contributed by atoms with E-state index in [0.717, 1.165) is 23.3 Å². The molecule has 0 aromatic carbocycles. The van der Waals surface area contributed by atoms with Gasteiger partial charge in [0.15, 0.2) is 0 Å². The molecule has 4 heteroatoms. The molecule has 1 saturated carbocycles. The van der Waals surface area contributed by atoms with Gasteiger partial charge in [-0.15, -0.1) is 0 Å². The van der Waals surface area contributed by atoms with Crippen LogP contribution in [0, 0.1) is 0 Å². The van der Waals surface area contributed by atoms with Gasteiger partial charge < -0.3 is 10.3 Å². The van der Waals surface area contributed by atoms with Crippen molar-refractivity contribution in [3.63, 3.8) is 0 Å². The first-order valence-corrected chi connectivity index (χ1v) is 5.42. The summed E-state index contributed by atoms with van der Waals surface area (Å²) in [6.45, 7) is 2.14. The number of fused-ring (bicyclic) bond motifs is 1. The lowest BCUT2D eigenvalue weighted by Crippen LogP contribution is -2.00. The van der Waals surface area contributed by atoms with Gasteiger partial charge in [0, 0.05) is 18.5 Å². The average molecular weight is 202 g/mol. The van der Waals surface area contributed by atoms with Crippen LogP contribution in [0.3, 0.4) is 0 Å². The van der Waals surface area contributed by atoms with Crippen LogP contribution < -0.4 is 5.73 Å². The lowest BCUT2D eigenvalue weighted by molar-refractivity contribution is 0.708. The Labute approximate surface area is 88.1 Å². The van der Waals surface area contributed by atoms with E-state index in [1.807, 2.05) is 6.07 Å². The van der Waals surface area contributed by atoms with Gasteiger partial charge in [-0.05, 0) is 12.8 Å². The summed E-state index contributed by atoms with van der Waals surface area (Å²) in [5.74, 6) is 1.73. The molecule has 0 radical (unpaired) electrons. The topological polar surface area (TPSA) is 56.7 Å². The van der Waals surface area contributed by atoms with E-state index in [1.54, 1.807) is 6.20 Å². The first-order valence-electron chi connectivity index (χ1n) is 5.42. The number of pyridine rings is 1. The maximum Gasteiger partial charge on any atom is 0.125 e. The highest BCUT2D eigenvalue weighted by atomic mass is 15.1. The molecule has 1 fully saturated rings. The molecule has 1 aliphatic carbocycles. The van der Waals surface area contributed by atoms with E-state index in [1.165, 1.54) is 12.8 Å². The van der Waals surface area contributed by atoms with Crippen molar-refractivity contribution < 1.29 is 0 Å². The average Bonchev–Trinajstić information content (AvgIpc) is 2.99. The molecule has 78 valence electrons. The largest absolute Gasteiger partial charge is 0.384 e. The summed E-state index contributed by atoms with van der Waals surface area (Å²) in [6, 6.07) is 2.58. The quantitative estimate of drug-likeness (QED) is 0.809. The minimum absolute atomic E-state index is 0.576. The maximum atomic E-state index is 5.71. The van der Waals surface area contributed by atoms with Crippen molar-refractivity contribution >= 4 is 16.9 Å². The zero-order chi connectivity index (χ0) is 10.4. The molecule has 0 unspecified atom stereocenters. The number of hydrogen-bond donors (Lipinski definition) is 1. The second-order valence-electron chi connectivity index (χ2n) is 4.08. The molecule has 0 saturated heterocycles. The minimum atomic E-state index is 0.576. The van der Waals surface area contributed by atoms with Crippen LogP contribution >= 0.6 is 0 Å². The molecule has 0 spiro atoms. The number of nitrogens with two attached hydrogens (primary N) is 1. The molecule has 15 heavy (non-hydrogen) atoms. The number of anilines is 1. The SMILES string of the molecule is CCc1nc2cnc(N)cc2n1C1CC1. The summed E-state index contributed by atoms with van der Waals surface area (Å²) in [7, 11) is 0. The lowest BCUT2D eigenvalue weighted by Gasteiger charge is -2.05. The summed E-state index contributed by atoms with van der Waals surface area (Å²) in [5.41, 5.74) is 7.82. The zero-order valence-electron chi connectivity index (χ0n) is 8.77. The van der Waals surface area contributed by atoms with Gasteiger partial charge in [0.25, 0.3) is 0 Å². The highest BCUT2D eigenvalue weighted by molar-refractivity contribution is 5.77. The Kier molecular flexibility index (Phi) is 1.71. The smallest absolute Gasteiger partial charge is 0.125 e. The fourth-order valence-corrected chi connectivity index (χ4v) is 2.05. The van der Waals surface area contributed by atoms with Gasteiger partial charge in [0.05, 0.1) is 11.7 Å². The van der Waals surface area contributed by atoms with E-state index in [9.17, 15) is 0 Å². The summed E-state index contributed by atoms with van der Waals surface area (Å²) < 4.78 is 2.33. The maximum absolute atomic E-state index is 5.71. The Morgan fingerprint density at radius 3 is 3.00 bits per heavy atom. The Bertz CT molecular complexity index is 511. The molecule has 0 amide bonds. The van der Waals surface area contributed by atoms with Gasteiger partial charge in [0.2, 0.25) is 0 Å². The van der Waals surface area contributed by atoms with Crippen molar-refractivity contribution in [3.8, 4) is 0 Å². The second-order valence-corrected chi connectivity index (χ2v) is 4.08. The fourth-order valence-electron chi connectivity index (χ4n) is 2.05. The highest BCUT2D eigenvalue weighted by Crippen LogP contribution is 2.38. The number of aromatic nitrogens is 3. The van der Waals surface area contributed by atoms with Crippen molar-refractivity contribution in [2.24, 2.45) is 0 Å². The van der Waals surface area contributed by atoms with E-state index < -0.39 is 0 Å². The molecule has 2 aromatic rings. The van der Waals surface area contributed by atoms with E-state index >= 15 is 0 Å². The number of rotatable bonds is 2. The number of nitrogens with zero attached hydrogens (tertiary/aromatic N) is 3. The predicted molar refractivity (Wildman–Crippen MR) is 59.6 cm³/mol. The van der Waals surface area contributed by atoms with Crippen molar-refractivity contribution in [1.29, 1.82) is 0 Å². The van der Waals surface area contributed by atoms with Crippen LogP contribution in [-0.2, 0) is 6.42 Å². The van der Waals surface area contributed by atoms with Gasteiger partial charge in [-0.25, -0.2) is 9.97 Å². The molecule has 2 heterocycles. The van der Waals surface area contributed by atoms with E-state index in [4.69, 9.17) is 5.73 Å². The number of nitrogen functional groups attached to an aromatic ring is 1. The van der Waals surface area contributed by atoms with Crippen LogP contribution in [0.1, 0.15) is 31.6 Å². The van der Waals surface area contributed by atoms with Crippen LogP contribution in [0.2, 0.25) is 0 Å². The molecule has 2 N–H and O–H groups in total. The molecule has 1 aliphatic rings. The van der Waals surface area contributed by atoms with E-state index in [2.05, 4.69) is 21.5 Å². The van der Waals surface area contributed by atoms with Crippen LogP contribution in [-0.4, -0.2) is 14.5 Å². The first-order chi connectivity index (χ1) is 7.29. The fraction of sp³-hybridized carbons (Fsp3) is 0.455. The highest BCUT2D eigenvalue weighted by Gasteiger charge is 2.27. The van der Waals surface area contributed by atoms with Gasteiger partial charge >= 0.3 is 0 Å². The molecule has 0 atom stereocenters. The number of hydrogen-bond acceptors (Lipinski definition) is 3. The van der Waals surface area contributed by atoms with Crippen molar-refractivity contribution in [2.45, 2.75) is 32.2 Å². The second kappa shape index (κ2) is 2.95. The molecule has 0 bridgehead atoms. The monoisotopic (exact) mass is 202 g/mol. The van der Waals surface area contributed by atoms with Gasteiger partial charge in [0.1, 0.15) is 17.2 Å². The third-order valence-corrected chi connectivity index (χ3v) is 2.90. The number of imidazole rings is 1. The Morgan fingerprint density at radius 2 is 2.33 bits per heavy atom. The van der Waals surface area contributed by atoms with E-state index in [0.29, 0.717) is 11.9 Å². The normalized spacial score (nSPS) is 16.1. The van der Waals surface area contributed by atoms with Gasteiger partial charge in [-0.2, -0.15) is 0 Å². The van der Waals surface area contributed by atoms with Crippen LogP contribution in [0.25, 0.3) is 11.0 Å². The molecule has 2 aromatic heterocycles. The van der Waals surface area contributed by atoms with Crippen LogP contribution in [0.5, 0.6) is 0 Å². The summed E-state index contributed by atoms with van der Waals surface area (Å²) >= 11 is 0. The zero-order valence-corrected chi connectivity index (χ0v) is 8.77. The van der Waals surface area contributed by atoms with Crippen LogP contribution in [0.15, 0.2) is 12.3 Å². The van der Waals surface area contributed by atoms with Gasteiger partial charge in [-0.3, -0.25) is 0 Å². The molecule has 4 nitrogen and oxygen atoms in total. The third kappa shape index (κ3) is 1.28. The lowest BCUT2D eigenvalue weighted by atomic mass is 10.4. The molecule has 3 rings (SSSR count). The standard InChI is InChI=1S/C11H14N4/c1-2-11-14-8-6-13-10(12)5-9(8)15(11)7-3-4-7/h5-7H,2-4H2,1H3,(H2,12,13). The molecule has 0 aliphatic heterocycles. The Balaban J connectivity index is 2.30. The predicted octanol–water partition coefficient (Wildman–Crippen LogP) is 1.91. The molecular weight excluding hydrogens is 188 g/mol. The Hall–Kier alpha value is -1.58. The van der Waals surface area contributed by atoms with Crippen molar-refractivity contribution in [2.75, 3.05) is 5.73 Å². The van der Waals surface area contributed by atoms with E-state index in [-0.39, 0.29) is 0 Å². The molecular formula is C11H14N4. The number of aryl methyl sites for hydroxylation is 1. The van der Waals surface area contributed by atoms with Crippen LogP contribution in [0.4, 0.5) is 5.82 Å². The van der Waals surface area contributed by atoms with Crippen molar-refractivity contribution in [3.05, 3.63) is 18.1 Å². The summed E-state index contributed by atoms with van der Waals surface area (Å²) in [4.78, 5) is 8.66. The third-order valence-electron chi connectivity index (χ3n) is 2.90. The minimum Gasteiger partial charge on any atom is -0.384 e. The Morgan fingerprint density at radius 1 is 1.53 bits per heavy atom. The van der Waals surface area contributed by atoms with Crippen molar-refractivity contribution in [1.82, 2.24) is 14.5 Å². The summed E-state index contributed by atoms with van der Waals surface area (Å²) in [5, 5.41) is 0.